The highest BCUT2D eigenvalue weighted by molar-refractivity contribution is 5.91. The average molecular weight is 428 g/mol. The molecule has 10 atom stereocenters. The van der Waals surface area contributed by atoms with E-state index in [0.29, 0.717) is 35.7 Å². The van der Waals surface area contributed by atoms with Crippen molar-refractivity contribution in [3.05, 3.63) is 11.6 Å². The Kier molecular flexibility index (Phi) is 5.49. The van der Waals surface area contributed by atoms with Gasteiger partial charge in [-0.25, -0.2) is 0 Å². The van der Waals surface area contributed by atoms with E-state index in [1.54, 1.807) is 0 Å². The lowest BCUT2D eigenvalue weighted by atomic mass is 9.46. The molecule has 1 heterocycles. The van der Waals surface area contributed by atoms with Crippen LogP contribution in [-0.4, -0.2) is 30.8 Å². The second kappa shape index (κ2) is 7.80. The van der Waals surface area contributed by atoms with E-state index in [2.05, 4.69) is 20.8 Å². The van der Waals surface area contributed by atoms with Gasteiger partial charge in [0.15, 0.2) is 5.78 Å². The number of nitrogens with two attached hydrogens (primary N) is 1. The van der Waals surface area contributed by atoms with Gasteiger partial charge < -0.3 is 15.3 Å². The summed E-state index contributed by atoms with van der Waals surface area (Å²) in [6.07, 6.45) is 13.5. The highest BCUT2D eigenvalue weighted by Gasteiger charge is 2.65. The van der Waals surface area contributed by atoms with Gasteiger partial charge in [0.1, 0.15) is 6.29 Å². The normalized spacial score (nSPS) is 49.5. The summed E-state index contributed by atoms with van der Waals surface area (Å²) in [5, 5.41) is 0. The minimum atomic E-state index is -0.0253. The molecule has 5 rings (SSSR count). The number of fused-ring (bicyclic) bond motifs is 7. The average Bonchev–Trinajstić information content (AvgIpc) is 3.23. The predicted octanol–water partition coefficient (Wildman–Crippen LogP) is 4.70. The van der Waals surface area contributed by atoms with Crippen LogP contribution >= 0.6 is 0 Å². The van der Waals surface area contributed by atoms with Gasteiger partial charge in [0, 0.05) is 18.9 Å². The first-order valence-electron chi connectivity index (χ1n) is 12.9. The largest absolute Gasteiger partial charge is 0.374 e. The molecule has 4 nitrogen and oxygen atoms in total. The SMILES string of the molecule is C[C@H]1[C@H]2[C@H](C[C@H]3[C@@H]4CCC5=CC(=O)CC[C@]5(C)[C@H]4CC[C@]23C)O[C@@H]1CCC(C=O)CN. The fourth-order valence-corrected chi connectivity index (χ4v) is 9.20. The highest BCUT2D eigenvalue weighted by atomic mass is 16.5. The van der Waals surface area contributed by atoms with Crippen LogP contribution in [-0.2, 0) is 14.3 Å². The Morgan fingerprint density at radius 1 is 1.23 bits per heavy atom. The van der Waals surface area contributed by atoms with Crippen molar-refractivity contribution in [3.8, 4) is 0 Å². The van der Waals surface area contributed by atoms with Crippen LogP contribution in [0.25, 0.3) is 0 Å². The summed E-state index contributed by atoms with van der Waals surface area (Å²) < 4.78 is 6.71. The molecule has 4 aliphatic carbocycles. The minimum absolute atomic E-state index is 0.0253. The quantitative estimate of drug-likeness (QED) is 0.646. The molecule has 4 heteroatoms. The first-order valence-corrected chi connectivity index (χ1v) is 12.9. The fraction of sp³-hybridized carbons (Fsp3) is 0.852. The Balaban J connectivity index is 1.33. The molecule has 1 saturated heterocycles. The van der Waals surface area contributed by atoms with Gasteiger partial charge in [0.25, 0.3) is 0 Å². The molecule has 172 valence electrons. The molecule has 1 unspecified atom stereocenters. The molecule has 0 aromatic carbocycles. The molecule has 0 bridgehead atoms. The van der Waals surface area contributed by atoms with Crippen molar-refractivity contribution in [1.82, 2.24) is 0 Å². The Hall–Kier alpha value is -1.00. The molecule has 0 radical (unpaired) electrons. The van der Waals surface area contributed by atoms with Crippen LogP contribution in [0, 0.1) is 46.3 Å². The van der Waals surface area contributed by atoms with E-state index in [-0.39, 0.29) is 17.4 Å². The molecule has 4 fully saturated rings. The molecule has 3 saturated carbocycles. The highest BCUT2D eigenvalue weighted by Crippen LogP contribution is 2.69. The number of hydrogen-bond donors (Lipinski definition) is 1. The molecule has 0 aromatic heterocycles. The van der Waals surface area contributed by atoms with Crippen LogP contribution in [0.1, 0.15) is 78.6 Å². The van der Waals surface area contributed by atoms with Crippen LogP contribution in [0.4, 0.5) is 0 Å². The summed E-state index contributed by atoms with van der Waals surface area (Å²) in [6.45, 7) is 7.90. The van der Waals surface area contributed by atoms with Gasteiger partial charge in [-0.2, -0.15) is 0 Å². The monoisotopic (exact) mass is 427 g/mol. The van der Waals surface area contributed by atoms with E-state index in [1.807, 2.05) is 6.08 Å². The third-order valence-corrected chi connectivity index (χ3v) is 10.9. The number of rotatable bonds is 5. The zero-order valence-corrected chi connectivity index (χ0v) is 19.6. The summed E-state index contributed by atoms with van der Waals surface area (Å²) in [5.74, 6) is 3.81. The van der Waals surface area contributed by atoms with Crippen LogP contribution in [0.5, 0.6) is 0 Å². The van der Waals surface area contributed by atoms with Gasteiger partial charge >= 0.3 is 0 Å². The number of allylic oxidation sites excluding steroid dienone is 1. The van der Waals surface area contributed by atoms with Gasteiger partial charge in [-0.1, -0.05) is 26.3 Å². The summed E-state index contributed by atoms with van der Waals surface area (Å²) in [6, 6.07) is 0. The van der Waals surface area contributed by atoms with Gasteiger partial charge in [0.05, 0.1) is 12.2 Å². The van der Waals surface area contributed by atoms with Crippen LogP contribution < -0.4 is 5.73 Å². The number of carbonyl (C=O) groups excluding carboxylic acids is 2. The number of ketones is 1. The van der Waals surface area contributed by atoms with E-state index in [0.717, 1.165) is 56.1 Å². The summed E-state index contributed by atoms with van der Waals surface area (Å²) in [4.78, 5) is 23.3. The van der Waals surface area contributed by atoms with Crippen LogP contribution in [0.2, 0.25) is 0 Å². The smallest absolute Gasteiger partial charge is 0.155 e. The molecule has 0 aromatic rings. The Labute approximate surface area is 187 Å². The summed E-state index contributed by atoms with van der Waals surface area (Å²) in [5.41, 5.74) is 7.82. The maximum atomic E-state index is 12.1. The Bertz CT molecular complexity index is 776. The number of ether oxygens (including phenoxy) is 1. The lowest BCUT2D eigenvalue weighted by Gasteiger charge is -2.58. The van der Waals surface area contributed by atoms with Crippen molar-refractivity contribution in [2.75, 3.05) is 6.54 Å². The van der Waals surface area contributed by atoms with E-state index < -0.39 is 0 Å². The minimum Gasteiger partial charge on any atom is -0.374 e. The number of carbonyl (C=O) groups is 2. The molecule has 1 aliphatic heterocycles. The van der Waals surface area contributed by atoms with E-state index >= 15 is 0 Å². The van der Waals surface area contributed by atoms with Crippen molar-refractivity contribution in [3.63, 3.8) is 0 Å². The van der Waals surface area contributed by atoms with E-state index in [9.17, 15) is 9.59 Å². The van der Waals surface area contributed by atoms with Crippen molar-refractivity contribution in [2.24, 2.45) is 52.1 Å². The second-order valence-corrected chi connectivity index (χ2v) is 12.1. The van der Waals surface area contributed by atoms with Crippen LogP contribution in [0.3, 0.4) is 0 Å². The first-order chi connectivity index (χ1) is 14.8. The van der Waals surface area contributed by atoms with Crippen molar-refractivity contribution in [1.29, 1.82) is 0 Å². The van der Waals surface area contributed by atoms with Gasteiger partial charge in [0.2, 0.25) is 0 Å². The molecule has 2 N–H and O–H groups in total. The molecular formula is C27H41NO3. The Morgan fingerprint density at radius 2 is 2.03 bits per heavy atom. The first kappa shape index (κ1) is 21.8. The van der Waals surface area contributed by atoms with Gasteiger partial charge in [-0.05, 0) is 97.9 Å². The van der Waals surface area contributed by atoms with Crippen molar-refractivity contribution in [2.45, 2.75) is 90.8 Å². The molecule has 0 spiro atoms. The van der Waals surface area contributed by atoms with Gasteiger partial charge in [-0.3, -0.25) is 4.79 Å². The predicted molar refractivity (Wildman–Crippen MR) is 121 cm³/mol. The standard InChI is InChI=1S/C27H41NO3/c1-16-23(7-4-17(14-28)15-29)31-24-13-22-20-6-5-18-12-19(30)8-10-26(18,2)21(20)9-11-27(22,3)25(16)24/h12,15-17,20-25H,4-11,13-14,28H2,1-3H3/t16-,17?,20-,21+,22+,23-,24+,25+,26+,27+/m1/s1. The zero-order chi connectivity index (χ0) is 22.0. The number of aldehydes is 1. The lowest BCUT2D eigenvalue weighted by molar-refractivity contribution is -0.117. The third kappa shape index (κ3) is 3.22. The van der Waals surface area contributed by atoms with Crippen LogP contribution in [0.15, 0.2) is 11.6 Å². The van der Waals surface area contributed by atoms with E-state index in [1.165, 1.54) is 31.3 Å². The molecular weight excluding hydrogens is 386 g/mol. The van der Waals surface area contributed by atoms with Crippen molar-refractivity contribution < 1.29 is 14.3 Å². The summed E-state index contributed by atoms with van der Waals surface area (Å²) in [7, 11) is 0. The Morgan fingerprint density at radius 3 is 2.77 bits per heavy atom. The maximum Gasteiger partial charge on any atom is 0.155 e. The summed E-state index contributed by atoms with van der Waals surface area (Å²) >= 11 is 0. The molecule has 31 heavy (non-hydrogen) atoms. The van der Waals surface area contributed by atoms with Gasteiger partial charge in [-0.15, -0.1) is 0 Å². The fourth-order valence-electron chi connectivity index (χ4n) is 9.20. The zero-order valence-electron chi connectivity index (χ0n) is 19.6. The lowest BCUT2D eigenvalue weighted by Crippen LogP contribution is -2.51. The van der Waals surface area contributed by atoms with Crippen molar-refractivity contribution >= 4 is 12.1 Å². The third-order valence-electron chi connectivity index (χ3n) is 10.9. The second-order valence-electron chi connectivity index (χ2n) is 12.1. The van der Waals surface area contributed by atoms with E-state index in [4.69, 9.17) is 10.5 Å². The maximum absolute atomic E-state index is 12.1. The number of hydrogen-bond acceptors (Lipinski definition) is 4. The molecule has 5 aliphatic rings. The molecule has 0 amide bonds. The topological polar surface area (TPSA) is 69.4 Å².